The number of aromatic amines is 1. The summed E-state index contributed by atoms with van der Waals surface area (Å²) in [4.78, 5) is 254. The Hall–Kier alpha value is -13.1. The lowest BCUT2D eigenvalue weighted by atomic mass is 9.98. The van der Waals surface area contributed by atoms with E-state index in [2.05, 4.69) is 52.8 Å². The van der Waals surface area contributed by atoms with E-state index in [0.29, 0.717) is 57.1 Å². The minimum Gasteiger partial charge on any atom is -0.481 e. The number of carbonyl (C=O) groups is 17. The van der Waals surface area contributed by atoms with Crippen LogP contribution in [0.4, 0.5) is 0 Å². The van der Waals surface area contributed by atoms with Crippen molar-refractivity contribution in [1.29, 1.82) is 0 Å². The molecule has 0 radical (unpaired) electrons. The number of amides is 16. The van der Waals surface area contributed by atoms with E-state index in [0.717, 1.165) is 33.5 Å². The predicted molar refractivity (Wildman–Crippen MR) is 470 cm³/mol. The number of nitrogens with one attached hydrogen (secondary N) is 10. The summed E-state index contributed by atoms with van der Waals surface area (Å²) in [5, 5.41) is 34.5. The van der Waals surface area contributed by atoms with Gasteiger partial charge in [0.05, 0.1) is 38.2 Å². The maximum absolute atomic E-state index is 15.5. The second-order valence-corrected chi connectivity index (χ2v) is 33.2. The van der Waals surface area contributed by atoms with Crippen LogP contribution in [0, 0.1) is 11.8 Å². The highest BCUT2D eigenvalue weighted by molar-refractivity contribution is 8.00. The Morgan fingerprint density at radius 2 is 0.944 bits per heavy atom. The number of carboxylic acids is 1. The van der Waals surface area contributed by atoms with E-state index in [1.165, 1.54) is 38.0 Å². The first-order chi connectivity index (χ1) is 59.9. The molecule has 5 aromatic carbocycles. The number of aliphatic carboxylic acids is 1. The number of unbranched alkanes of at least 4 members (excludes halogenated alkanes) is 1. The van der Waals surface area contributed by atoms with Crippen LogP contribution >= 0.6 is 11.8 Å². The average Bonchev–Trinajstić information content (AvgIpc) is 1.03. The summed E-state index contributed by atoms with van der Waals surface area (Å²) in [6, 6.07) is 22.1. The molecule has 0 aliphatic carbocycles. The van der Waals surface area contributed by atoms with E-state index < -0.39 is 211 Å². The van der Waals surface area contributed by atoms with Crippen LogP contribution in [-0.4, -0.2) is 268 Å². The minimum atomic E-state index is -1.95. The molecule has 16 amide bonds. The Kier molecular flexibility index (Phi) is 38.8. The Morgan fingerprint density at radius 3 is 1.50 bits per heavy atom. The number of H-pyrrole nitrogens is 1. The fourth-order valence-corrected chi connectivity index (χ4v) is 15.3. The maximum atomic E-state index is 15.5. The number of nitrogens with two attached hydrogens (primary N) is 3. The standard InChI is InChI=1S/C89H118N18O18S/c1-11-12-32-69-87(123)104(7)49-75(111)96-65(43-72(91)108)83(119)102-78(53(4)5)89(125)106(9)70(40-55-26-18-14-19-27-55)84(120)100-67(44-77(113)114)85(121)103(6)48-74(110)95-64(42-59-46-93-61-31-23-22-30-60(59)61)82(118)99-63(38-57-33-35-58(45-90)36-34-57)81(117)98-62(37-52(2)3)80(116)101-68(79(115)94-47-73(92)109)50-126-51-76(112)97-66(39-54-24-16-13-17-25-54)86(122)107(10)71(88(124)105(69)8)41-56-28-20-15-21-29-56/h13-31,33-36,46,52-53,62-71,78,93H,11-12,32,37-45,47-51,90H2,1-10H3,(H2,91,108)(H2,92,109)(H,94,115)(H,95,110)(H,96,111)(H,97,112)(H,98,117)(H,99,118)(H,100,120)(H,101,116)(H,102,119)(H,113,114)/t62-,63-,64-,65-,66-,67-,68-,69-,70-,71-,78-/m0/s1. The van der Waals surface area contributed by atoms with Gasteiger partial charge in [-0.1, -0.05) is 181 Å². The highest BCUT2D eigenvalue weighted by atomic mass is 32.2. The summed E-state index contributed by atoms with van der Waals surface area (Å²) in [6.45, 7) is 6.22. The zero-order valence-electron chi connectivity index (χ0n) is 72.6. The summed E-state index contributed by atoms with van der Waals surface area (Å²) < 4.78 is 0. The van der Waals surface area contributed by atoms with Gasteiger partial charge in [0.25, 0.3) is 0 Å². The number of nitrogens with zero attached hydrogens (tertiary/aromatic N) is 5. The zero-order chi connectivity index (χ0) is 92.6. The number of likely N-dealkylation sites (N-methyl/N-ethyl adjacent to an activating group) is 5. The first-order valence-electron chi connectivity index (χ1n) is 41.6. The number of thioether (sulfide) groups is 1. The molecule has 7 rings (SSSR count). The van der Waals surface area contributed by atoms with Crippen molar-refractivity contribution in [3.63, 3.8) is 0 Å². The molecule has 6 aromatic rings. The van der Waals surface area contributed by atoms with Gasteiger partial charge >= 0.3 is 5.97 Å². The molecular weight excluding hydrogens is 1640 g/mol. The molecule has 126 heavy (non-hydrogen) atoms. The van der Waals surface area contributed by atoms with Gasteiger partial charge in [-0.3, -0.25) is 81.5 Å². The van der Waals surface area contributed by atoms with Gasteiger partial charge in [-0.2, -0.15) is 0 Å². The Bertz CT molecular complexity index is 4810. The third-order valence-corrected chi connectivity index (χ3v) is 22.4. The largest absolute Gasteiger partial charge is 0.481 e. The molecule has 1 fully saturated rings. The molecule has 2 heterocycles. The highest BCUT2D eigenvalue weighted by Crippen LogP contribution is 2.24. The van der Waals surface area contributed by atoms with Crippen molar-refractivity contribution in [3.8, 4) is 0 Å². The third kappa shape index (κ3) is 30.4. The van der Waals surface area contributed by atoms with Crippen molar-refractivity contribution in [2.45, 2.75) is 178 Å². The summed E-state index contributed by atoms with van der Waals surface area (Å²) >= 11 is 0.833. The van der Waals surface area contributed by atoms with Crippen molar-refractivity contribution in [2.24, 2.45) is 29.0 Å². The molecule has 1 aliphatic rings. The number of para-hydroxylation sites is 1. The first kappa shape index (κ1) is 100. The van der Waals surface area contributed by atoms with E-state index in [9.17, 15) is 57.8 Å². The number of aromatic nitrogens is 1. The quantitative estimate of drug-likeness (QED) is 0.0379. The molecule has 1 aliphatic heterocycles. The van der Waals surface area contributed by atoms with Gasteiger partial charge in [0.1, 0.15) is 66.5 Å². The van der Waals surface area contributed by atoms with Gasteiger partial charge in [0, 0.05) is 96.7 Å². The summed E-state index contributed by atoms with van der Waals surface area (Å²) in [5.41, 5.74) is 21.1. The zero-order valence-corrected chi connectivity index (χ0v) is 73.5. The van der Waals surface area contributed by atoms with Gasteiger partial charge in [0.15, 0.2) is 0 Å². The normalized spacial score (nSPS) is 22.2. The number of hydrogen-bond acceptors (Lipinski definition) is 19. The van der Waals surface area contributed by atoms with Crippen LogP contribution in [0.1, 0.15) is 107 Å². The molecule has 37 heteroatoms. The number of carbonyl (C=O) groups excluding carboxylic acids is 16. The van der Waals surface area contributed by atoms with Crippen LogP contribution in [0.15, 0.2) is 146 Å². The topological polar surface area (TPSA) is 529 Å². The van der Waals surface area contributed by atoms with Crippen molar-refractivity contribution in [1.82, 2.24) is 77.3 Å². The Morgan fingerprint density at radius 1 is 0.468 bits per heavy atom. The SMILES string of the molecule is CCCC[C@H]1C(=O)N(C)CC(=O)N[C@@H](CC(N)=O)C(=O)N[C@@H](C(C)C)C(=O)N(C)[C@@H](Cc2ccccc2)C(=O)N[C@@H](CC(=O)O)C(=O)N(C)CC(=O)N[C@@H](Cc2c[nH]c3ccccc23)C(=O)N[C@@H](Cc2ccc(CN)cc2)C(=O)N[C@@H](CC(C)C)C(=O)N[C@H](C(=O)NCC(N)=O)CSCC(=O)N[C@@H](Cc2ccccc2)C(=O)N(C)[C@@H](Cc2ccccc2)C(=O)N1C. The molecule has 678 valence electrons. The Labute approximate surface area is 736 Å². The third-order valence-electron chi connectivity index (χ3n) is 21.4. The molecule has 1 aromatic heterocycles. The van der Waals surface area contributed by atoms with Crippen molar-refractivity contribution >= 4 is 123 Å². The van der Waals surface area contributed by atoms with E-state index in [-0.39, 0.29) is 63.2 Å². The fourth-order valence-electron chi connectivity index (χ4n) is 14.5. The lowest BCUT2D eigenvalue weighted by Gasteiger charge is -2.37. The molecule has 1 saturated heterocycles. The summed E-state index contributed by atoms with van der Waals surface area (Å²) in [6.07, 6.45) is -0.508. The van der Waals surface area contributed by atoms with Crippen LogP contribution < -0.4 is 65.1 Å². The van der Waals surface area contributed by atoms with Gasteiger partial charge in [-0.05, 0) is 64.1 Å². The van der Waals surface area contributed by atoms with Crippen molar-refractivity contribution < 1.29 is 86.6 Å². The first-order valence-corrected chi connectivity index (χ1v) is 42.8. The van der Waals surface area contributed by atoms with Gasteiger partial charge in [-0.15, -0.1) is 11.8 Å². The van der Waals surface area contributed by atoms with Crippen LogP contribution in [0.5, 0.6) is 0 Å². The molecule has 0 spiro atoms. The second kappa shape index (κ2) is 48.8. The summed E-state index contributed by atoms with van der Waals surface area (Å²) in [7, 11) is 6.36. The molecule has 11 atom stereocenters. The van der Waals surface area contributed by atoms with E-state index in [1.54, 1.807) is 173 Å². The Balaban J connectivity index is 1.32. The summed E-state index contributed by atoms with van der Waals surface area (Å²) in [5.74, 6) is -18.7. The second-order valence-electron chi connectivity index (χ2n) is 32.2. The molecular formula is C89H118N18O18S. The number of rotatable bonds is 24. The van der Waals surface area contributed by atoms with Gasteiger partial charge in [0.2, 0.25) is 94.5 Å². The maximum Gasteiger partial charge on any atom is 0.305 e. The molecule has 0 saturated carbocycles. The smallest absolute Gasteiger partial charge is 0.305 e. The van der Waals surface area contributed by atoms with Crippen LogP contribution in [-0.2, 0) is 120 Å². The number of hydrogen-bond donors (Lipinski definition) is 14. The number of primary amides is 2. The van der Waals surface area contributed by atoms with E-state index in [4.69, 9.17) is 17.2 Å². The monoisotopic (exact) mass is 1760 g/mol. The minimum absolute atomic E-state index is 0.0383. The van der Waals surface area contributed by atoms with Crippen molar-refractivity contribution in [2.75, 3.05) is 66.4 Å². The molecule has 17 N–H and O–H groups in total. The van der Waals surface area contributed by atoms with Gasteiger partial charge in [-0.25, -0.2) is 0 Å². The average molecular weight is 1760 g/mol. The number of carboxylic acid groups (broad SMARTS) is 1. The molecule has 0 bridgehead atoms. The van der Waals surface area contributed by atoms with Crippen LogP contribution in [0.25, 0.3) is 10.9 Å². The highest BCUT2D eigenvalue weighted by Gasteiger charge is 2.42. The van der Waals surface area contributed by atoms with Crippen molar-refractivity contribution in [3.05, 3.63) is 179 Å². The van der Waals surface area contributed by atoms with Crippen LogP contribution in [0.2, 0.25) is 0 Å². The van der Waals surface area contributed by atoms with Crippen LogP contribution in [0.3, 0.4) is 0 Å². The number of benzene rings is 5. The lowest BCUT2D eigenvalue weighted by Crippen LogP contribution is -2.61. The predicted octanol–water partition coefficient (Wildman–Crippen LogP) is 0.00680. The van der Waals surface area contributed by atoms with E-state index >= 15 is 28.8 Å². The fraction of sp³-hybridized carbons (Fsp3) is 0.449. The lowest BCUT2D eigenvalue weighted by molar-refractivity contribution is -0.151. The number of fused-ring (bicyclic) bond motifs is 1. The van der Waals surface area contributed by atoms with E-state index in [1.807, 2.05) is 6.92 Å². The molecule has 0 unspecified atom stereocenters. The van der Waals surface area contributed by atoms with Gasteiger partial charge < -0.3 is 99.6 Å². The molecule has 36 nitrogen and oxygen atoms in total.